The molecule has 2 amide bonds. The second kappa shape index (κ2) is 8.47. The highest BCUT2D eigenvalue weighted by Gasteiger charge is 2.37. The molecule has 3 aromatic rings. The highest BCUT2D eigenvalue weighted by molar-refractivity contribution is 5.91. The van der Waals surface area contributed by atoms with Crippen LogP contribution in [0.2, 0.25) is 0 Å². The van der Waals surface area contributed by atoms with Crippen LogP contribution in [-0.2, 0) is 6.54 Å². The summed E-state index contributed by atoms with van der Waals surface area (Å²) >= 11 is 0. The van der Waals surface area contributed by atoms with Crippen molar-refractivity contribution in [2.75, 3.05) is 25.5 Å². The van der Waals surface area contributed by atoms with Gasteiger partial charge in [0.15, 0.2) is 0 Å². The number of ether oxygens (including phenoxy) is 1. The molecule has 0 saturated carbocycles. The van der Waals surface area contributed by atoms with Gasteiger partial charge in [-0.15, -0.1) is 0 Å². The van der Waals surface area contributed by atoms with Crippen molar-refractivity contribution in [1.29, 1.82) is 5.26 Å². The Kier molecular flexibility index (Phi) is 5.35. The maximum absolute atomic E-state index is 13.3. The average molecular weight is 441 g/mol. The number of fused-ring (bicyclic) bond motifs is 4. The summed E-state index contributed by atoms with van der Waals surface area (Å²) in [5.74, 6) is 0.930. The van der Waals surface area contributed by atoms with Crippen LogP contribution in [0.3, 0.4) is 0 Å². The van der Waals surface area contributed by atoms with Gasteiger partial charge >= 0.3 is 6.03 Å². The first kappa shape index (κ1) is 20.8. The van der Waals surface area contributed by atoms with E-state index in [0.29, 0.717) is 42.2 Å². The molecule has 1 saturated heterocycles. The number of nitriles is 1. The van der Waals surface area contributed by atoms with Gasteiger partial charge < -0.3 is 19.5 Å². The third-order valence-electron chi connectivity index (χ3n) is 6.54. The predicted octanol–water partition coefficient (Wildman–Crippen LogP) is 4.05. The van der Waals surface area contributed by atoms with Gasteiger partial charge in [-0.2, -0.15) is 5.26 Å². The first-order chi connectivity index (χ1) is 16.1. The second-order valence-electron chi connectivity index (χ2n) is 8.61. The number of likely N-dealkylation sites (tertiary alicyclic amines) is 1. The Morgan fingerprint density at radius 3 is 2.76 bits per heavy atom. The fourth-order valence-corrected chi connectivity index (χ4v) is 5.03. The van der Waals surface area contributed by atoms with Crippen LogP contribution in [0.15, 0.2) is 65.5 Å². The van der Waals surface area contributed by atoms with Crippen molar-refractivity contribution in [3.63, 3.8) is 0 Å². The third-order valence-corrected chi connectivity index (χ3v) is 6.54. The van der Waals surface area contributed by atoms with Crippen molar-refractivity contribution >= 4 is 11.7 Å². The fraction of sp³-hybridized carbons (Fsp3) is 0.269. The monoisotopic (exact) mass is 440 g/mol. The van der Waals surface area contributed by atoms with Crippen molar-refractivity contribution in [3.05, 3.63) is 82.3 Å². The minimum atomic E-state index is -0.157. The quantitative estimate of drug-likeness (QED) is 0.666. The zero-order valence-electron chi connectivity index (χ0n) is 18.3. The number of para-hydroxylation sites is 2. The van der Waals surface area contributed by atoms with Crippen molar-refractivity contribution in [1.82, 2.24) is 9.47 Å². The van der Waals surface area contributed by atoms with E-state index in [9.17, 15) is 14.9 Å². The number of hydrogen-bond acceptors (Lipinski definition) is 4. The van der Waals surface area contributed by atoms with Crippen molar-refractivity contribution < 1.29 is 9.53 Å². The lowest BCUT2D eigenvalue weighted by Gasteiger charge is -2.42. The number of nitrogens with zero attached hydrogens (tertiary/aromatic N) is 3. The highest BCUT2D eigenvalue weighted by atomic mass is 16.5. The number of benzene rings is 2. The highest BCUT2D eigenvalue weighted by Crippen LogP contribution is 2.36. The molecule has 2 aliphatic rings. The smallest absolute Gasteiger partial charge is 0.321 e. The number of nitrogens with one attached hydrogen (secondary N) is 1. The van der Waals surface area contributed by atoms with Gasteiger partial charge in [-0.3, -0.25) is 4.79 Å². The molecule has 1 N–H and O–H groups in total. The van der Waals surface area contributed by atoms with Crippen LogP contribution in [0, 0.1) is 17.2 Å². The number of carbonyl (C=O) groups is 1. The number of urea groups is 1. The van der Waals surface area contributed by atoms with E-state index in [1.165, 1.54) is 0 Å². The Bertz CT molecular complexity index is 1320. The summed E-state index contributed by atoms with van der Waals surface area (Å²) in [6.07, 6.45) is 0.959. The SMILES string of the molecule is COc1ccccc1NC(=O)N1C[C@@H]2C[C@H](C1)c1ccc(-c3cccc(C#N)c3)c(=O)n1C2. The van der Waals surface area contributed by atoms with Crippen LogP contribution in [0.5, 0.6) is 5.75 Å². The number of pyridine rings is 1. The zero-order chi connectivity index (χ0) is 22.9. The summed E-state index contributed by atoms with van der Waals surface area (Å²) < 4.78 is 7.20. The maximum atomic E-state index is 13.3. The van der Waals surface area contributed by atoms with Crippen LogP contribution in [0.4, 0.5) is 10.5 Å². The van der Waals surface area contributed by atoms with Gasteiger partial charge in [-0.25, -0.2) is 4.79 Å². The number of amides is 2. The number of piperidine rings is 1. The molecular formula is C26H24N4O3. The standard InChI is InChI=1S/C26H24N4O3/c1-33-24-8-3-2-7-22(24)28-26(32)29-14-18-12-20(16-29)23-10-9-21(25(31)30(23)15-18)19-6-4-5-17(11-19)13-27/h2-11,18,20H,12,14-16H2,1H3,(H,28,32)/t18-,20+/m0/s1. The van der Waals surface area contributed by atoms with Gasteiger partial charge in [-0.05, 0) is 54.3 Å². The van der Waals surface area contributed by atoms with Crippen LogP contribution in [0.25, 0.3) is 11.1 Å². The van der Waals surface area contributed by atoms with Gasteiger partial charge in [-0.1, -0.05) is 24.3 Å². The molecule has 2 aromatic carbocycles. The van der Waals surface area contributed by atoms with E-state index in [4.69, 9.17) is 4.74 Å². The summed E-state index contributed by atoms with van der Waals surface area (Å²) in [5, 5.41) is 12.2. The molecule has 166 valence electrons. The number of rotatable bonds is 3. The first-order valence-electron chi connectivity index (χ1n) is 11.0. The zero-order valence-corrected chi connectivity index (χ0v) is 18.3. The summed E-state index contributed by atoms with van der Waals surface area (Å²) in [6, 6.07) is 20.3. The number of aromatic nitrogens is 1. The summed E-state index contributed by atoms with van der Waals surface area (Å²) in [5.41, 5.74) is 3.45. The predicted molar refractivity (Wildman–Crippen MR) is 125 cm³/mol. The topological polar surface area (TPSA) is 87.4 Å². The van der Waals surface area contributed by atoms with E-state index < -0.39 is 0 Å². The second-order valence-corrected chi connectivity index (χ2v) is 8.61. The Balaban J connectivity index is 1.40. The van der Waals surface area contributed by atoms with Crippen molar-refractivity contribution in [2.24, 2.45) is 5.92 Å². The van der Waals surface area contributed by atoms with Crippen LogP contribution >= 0.6 is 0 Å². The molecular weight excluding hydrogens is 416 g/mol. The molecule has 2 atom stereocenters. The maximum Gasteiger partial charge on any atom is 0.321 e. The molecule has 0 aliphatic carbocycles. The minimum Gasteiger partial charge on any atom is -0.495 e. The Morgan fingerprint density at radius 1 is 1.09 bits per heavy atom. The molecule has 1 aromatic heterocycles. The van der Waals surface area contributed by atoms with E-state index >= 15 is 0 Å². The Labute approximate surface area is 191 Å². The molecule has 7 heteroatoms. The van der Waals surface area contributed by atoms with Crippen LogP contribution in [-0.4, -0.2) is 35.7 Å². The van der Waals surface area contributed by atoms with E-state index in [1.54, 1.807) is 25.3 Å². The number of hydrogen-bond donors (Lipinski definition) is 1. The van der Waals surface area contributed by atoms with E-state index in [0.717, 1.165) is 17.7 Å². The van der Waals surface area contributed by atoms with E-state index in [1.807, 2.05) is 51.9 Å². The van der Waals surface area contributed by atoms with Crippen LogP contribution in [0.1, 0.15) is 23.6 Å². The molecule has 3 heterocycles. The molecule has 0 radical (unpaired) electrons. The lowest BCUT2D eigenvalue weighted by atomic mass is 9.83. The Hall–Kier alpha value is -4.05. The van der Waals surface area contributed by atoms with Crippen LogP contribution < -0.4 is 15.6 Å². The van der Waals surface area contributed by atoms with Gasteiger partial charge in [0.1, 0.15) is 5.75 Å². The Morgan fingerprint density at radius 2 is 1.94 bits per heavy atom. The van der Waals surface area contributed by atoms with Gasteiger partial charge in [0.25, 0.3) is 5.56 Å². The molecule has 0 unspecified atom stereocenters. The average Bonchev–Trinajstić information content (AvgIpc) is 2.85. The number of anilines is 1. The largest absolute Gasteiger partial charge is 0.495 e. The van der Waals surface area contributed by atoms with Crippen molar-refractivity contribution in [2.45, 2.75) is 18.9 Å². The molecule has 7 nitrogen and oxygen atoms in total. The number of methoxy groups -OCH3 is 1. The van der Waals surface area contributed by atoms with E-state index in [-0.39, 0.29) is 23.4 Å². The molecule has 33 heavy (non-hydrogen) atoms. The lowest BCUT2D eigenvalue weighted by molar-refractivity contribution is 0.139. The van der Waals surface area contributed by atoms with Gasteiger partial charge in [0.05, 0.1) is 24.4 Å². The van der Waals surface area contributed by atoms with E-state index in [2.05, 4.69) is 11.4 Å². The summed E-state index contributed by atoms with van der Waals surface area (Å²) in [6.45, 7) is 1.73. The lowest BCUT2D eigenvalue weighted by Crippen LogP contribution is -2.50. The summed E-state index contributed by atoms with van der Waals surface area (Å²) in [7, 11) is 1.58. The normalized spacial score (nSPS) is 18.7. The van der Waals surface area contributed by atoms with Gasteiger partial charge in [0.2, 0.25) is 0 Å². The minimum absolute atomic E-state index is 0.0378. The molecule has 1 fully saturated rings. The molecule has 2 aliphatic heterocycles. The third kappa shape index (κ3) is 3.85. The molecule has 2 bridgehead atoms. The van der Waals surface area contributed by atoms with Gasteiger partial charge in [0, 0.05) is 36.8 Å². The number of carbonyl (C=O) groups excluding carboxylic acids is 1. The fourth-order valence-electron chi connectivity index (χ4n) is 5.03. The summed E-state index contributed by atoms with van der Waals surface area (Å²) in [4.78, 5) is 28.2. The molecule has 5 rings (SSSR count). The first-order valence-corrected chi connectivity index (χ1v) is 11.0. The molecule has 0 spiro atoms. The van der Waals surface area contributed by atoms with Crippen molar-refractivity contribution in [3.8, 4) is 22.9 Å².